The van der Waals surface area contributed by atoms with Crippen LogP contribution in [0, 0.1) is 19.7 Å². The fourth-order valence-corrected chi connectivity index (χ4v) is 5.82. The molecule has 9 heteroatoms. The smallest absolute Gasteiger partial charge is 0.264 e. The first kappa shape index (κ1) is 25.2. The minimum Gasteiger partial charge on any atom is -0.486 e. The average molecular weight is 669 g/mol. The van der Waals surface area contributed by atoms with E-state index in [9.17, 15) is 9.18 Å². The van der Waals surface area contributed by atoms with Crippen LogP contribution in [0.1, 0.15) is 22.3 Å². The van der Waals surface area contributed by atoms with E-state index in [1.54, 1.807) is 24.3 Å². The topological polar surface area (TPSA) is 50.7 Å². The second-order valence-corrected chi connectivity index (χ2v) is 11.1. The number of thioether (sulfide) groups is 1. The predicted molar refractivity (Wildman–Crippen MR) is 147 cm³/mol. The van der Waals surface area contributed by atoms with Gasteiger partial charge in [0.15, 0.2) is 5.17 Å². The summed E-state index contributed by atoms with van der Waals surface area (Å²) in [6, 6.07) is 14.1. The maximum atomic E-state index is 13.9. The molecule has 3 aromatic rings. The molecule has 1 heterocycles. The number of hydrogen-bond acceptors (Lipinski definition) is 4. The van der Waals surface area contributed by atoms with Crippen molar-refractivity contribution >= 4 is 82.4 Å². The lowest BCUT2D eigenvalue weighted by molar-refractivity contribution is -0.115. The molecule has 1 fully saturated rings. The monoisotopic (exact) mass is 666 g/mol. The van der Waals surface area contributed by atoms with E-state index in [0.29, 0.717) is 30.3 Å². The van der Waals surface area contributed by atoms with Gasteiger partial charge in [0.05, 0.1) is 19.5 Å². The number of aryl methyl sites for hydroxylation is 2. The van der Waals surface area contributed by atoms with E-state index in [0.717, 1.165) is 26.9 Å². The molecule has 0 radical (unpaired) electrons. The van der Waals surface area contributed by atoms with Crippen molar-refractivity contribution in [2.24, 2.45) is 4.99 Å². The van der Waals surface area contributed by atoms with Crippen LogP contribution in [-0.4, -0.2) is 11.1 Å². The Labute approximate surface area is 226 Å². The normalized spacial score (nSPS) is 15.8. The number of carbonyl (C=O) groups is 1. The van der Waals surface area contributed by atoms with Crippen LogP contribution in [0.4, 0.5) is 10.1 Å². The molecule has 1 amide bonds. The molecule has 1 saturated heterocycles. The lowest BCUT2D eigenvalue weighted by Gasteiger charge is -2.12. The number of rotatable bonds is 5. The van der Waals surface area contributed by atoms with Gasteiger partial charge in [-0.2, -0.15) is 0 Å². The zero-order valence-electron chi connectivity index (χ0n) is 18.1. The molecule has 0 atom stereocenters. The first-order valence-electron chi connectivity index (χ1n) is 10.1. The number of amides is 1. The Balaban J connectivity index is 1.52. The molecule has 1 aliphatic heterocycles. The minimum atomic E-state index is -0.314. The molecule has 34 heavy (non-hydrogen) atoms. The van der Waals surface area contributed by atoms with Crippen molar-refractivity contribution < 1.29 is 13.9 Å². The fraction of sp³-hybridized carbons (Fsp3) is 0.120. The van der Waals surface area contributed by atoms with E-state index < -0.39 is 0 Å². The molecule has 174 valence electrons. The van der Waals surface area contributed by atoms with Crippen LogP contribution in [0.15, 0.2) is 71.8 Å². The van der Waals surface area contributed by atoms with Gasteiger partial charge >= 0.3 is 0 Å². The highest BCUT2D eigenvalue weighted by Crippen LogP contribution is 2.37. The van der Waals surface area contributed by atoms with Gasteiger partial charge in [-0.3, -0.25) is 4.79 Å². The standard InChI is InChI=1S/C25H18Br3FN2O2S/c1-13-7-17(8-14(2)22(13)28)30-25-31-24(32)21(34-25)11-15-9-18(26)23(19(27)10-15)33-12-16-5-3-4-6-20(16)29/h3-11H,12H2,1-2H3,(H,30,31,32)/b21-11-. The highest BCUT2D eigenvalue weighted by molar-refractivity contribution is 9.11. The van der Waals surface area contributed by atoms with Gasteiger partial charge in [0.2, 0.25) is 0 Å². The van der Waals surface area contributed by atoms with Crippen molar-refractivity contribution in [3.05, 3.63) is 94.9 Å². The molecule has 0 aliphatic carbocycles. The maximum absolute atomic E-state index is 13.9. The quantitative estimate of drug-likeness (QED) is 0.279. The van der Waals surface area contributed by atoms with Gasteiger partial charge in [-0.05, 0) is 111 Å². The van der Waals surface area contributed by atoms with Crippen LogP contribution >= 0.6 is 59.6 Å². The lowest BCUT2D eigenvalue weighted by atomic mass is 10.1. The van der Waals surface area contributed by atoms with Gasteiger partial charge in [-0.25, -0.2) is 9.38 Å². The Morgan fingerprint density at radius 3 is 2.35 bits per heavy atom. The second kappa shape index (κ2) is 10.8. The summed E-state index contributed by atoms with van der Waals surface area (Å²) in [7, 11) is 0. The van der Waals surface area contributed by atoms with Crippen molar-refractivity contribution in [2.75, 3.05) is 0 Å². The number of halogens is 4. The van der Waals surface area contributed by atoms with Crippen LogP contribution in [-0.2, 0) is 11.4 Å². The number of amidine groups is 1. The molecule has 4 rings (SSSR count). The number of carbonyl (C=O) groups excluding carboxylic acids is 1. The number of aliphatic imine (C=N–C) groups is 1. The van der Waals surface area contributed by atoms with Crippen molar-refractivity contribution in [3.63, 3.8) is 0 Å². The van der Waals surface area contributed by atoms with Gasteiger partial charge in [0.1, 0.15) is 18.2 Å². The molecule has 0 spiro atoms. The van der Waals surface area contributed by atoms with Crippen LogP contribution < -0.4 is 10.1 Å². The van der Waals surface area contributed by atoms with Crippen LogP contribution in [0.25, 0.3) is 6.08 Å². The SMILES string of the molecule is Cc1cc(N=C2NC(=O)/C(=C/c3cc(Br)c(OCc4ccccc4F)c(Br)c3)S2)cc(C)c1Br. The van der Waals surface area contributed by atoms with Gasteiger partial charge < -0.3 is 10.1 Å². The third kappa shape index (κ3) is 5.82. The summed E-state index contributed by atoms with van der Waals surface area (Å²) < 4.78 is 22.1. The third-order valence-corrected chi connectivity index (χ3v) is 8.29. The van der Waals surface area contributed by atoms with E-state index in [-0.39, 0.29) is 18.3 Å². The number of nitrogens with zero attached hydrogens (tertiary/aromatic N) is 1. The molecule has 0 unspecified atom stereocenters. The number of ether oxygens (including phenoxy) is 1. The summed E-state index contributed by atoms with van der Waals surface area (Å²) in [6.07, 6.45) is 1.79. The summed E-state index contributed by atoms with van der Waals surface area (Å²) in [5.41, 5.74) is 4.21. The summed E-state index contributed by atoms with van der Waals surface area (Å²) in [5, 5.41) is 3.35. The molecule has 0 saturated carbocycles. The summed E-state index contributed by atoms with van der Waals surface area (Å²) in [4.78, 5) is 17.6. The first-order valence-corrected chi connectivity index (χ1v) is 13.3. The Kier molecular flexibility index (Phi) is 7.97. The largest absolute Gasteiger partial charge is 0.486 e. The Morgan fingerprint density at radius 2 is 1.71 bits per heavy atom. The lowest BCUT2D eigenvalue weighted by Crippen LogP contribution is -2.19. The van der Waals surface area contributed by atoms with E-state index in [4.69, 9.17) is 4.74 Å². The van der Waals surface area contributed by atoms with E-state index in [1.807, 2.05) is 38.1 Å². The van der Waals surface area contributed by atoms with Crippen LogP contribution in [0.3, 0.4) is 0 Å². The fourth-order valence-electron chi connectivity index (χ4n) is 3.30. The molecule has 3 aromatic carbocycles. The number of benzene rings is 3. The first-order chi connectivity index (χ1) is 16.2. The van der Waals surface area contributed by atoms with Gasteiger partial charge in [0, 0.05) is 10.0 Å². The highest BCUT2D eigenvalue weighted by atomic mass is 79.9. The van der Waals surface area contributed by atoms with Crippen LogP contribution in [0.5, 0.6) is 5.75 Å². The Bertz CT molecular complexity index is 1310. The van der Waals surface area contributed by atoms with Crippen LogP contribution in [0.2, 0.25) is 0 Å². The predicted octanol–water partition coefficient (Wildman–Crippen LogP) is 8.20. The second-order valence-electron chi connectivity index (χ2n) is 7.57. The average Bonchev–Trinajstić information content (AvgIpc) is 3.11. The Morgan fingerprint density at radius 1 is 1.06 bits per heavy atom. The molecule has 1 N–H and O–H groups in total. The molecule has 0 bridgehead atoms. The molecule has 4 nitrogen and oxygen atoms in total. The summed E-state index contributed by atoms with van der Waals surface area (Å²) in [6.45, 7) is 4.11. The molecular weight excluding hydrogens is 651 g/mol. The summed E-state index contributed by atoms with van der Waals surface area (Å²) >= 11 is 11.9. The minimum absolute atomic E-state index is 0.0946. The van der Waals surface area contributed by atoms with E-state index in [2.05, 4.69) is 58.1 Å². The maximum Gasteiger partial charge on any atom is 0.264 e. The van der Waals surface area contributed by atoms with E-state index in [1.165, 1.54) is 17.8 Å². The van der Waals surface area contributed by atoms with Crippen molar-refractivity contribution in [2.45, 2.75) is 20.5 Å². The van der Waals surface area contributed by atoms with Crippen molar-refractivity contribution in [3.8, 4) is 5.75 Å². The Hall–Kier alpha value is -1.94. The molecular formula is C25H18Br3FN2O2S. The van der Waals surface area contributed by atoms with E-state index >= 15 is 0 Å². The number of hydrogen-bond donors (Lipinski definition) is 1. The van der Waals surface area contributed by atoms with Gasteiger partial charge in [-0.1, -0.05) is 34.1 Å². The molecule has 1 aliphatic rings. The van der Waals surface area contributed by atoms with Crippen molar-refractivity contribution in [1.29, 1.82) is 0 Å². The number of nitrogens with one attached hydrogen (secondary N) is 1. The third-order valence-electron chi connectivity index (χ3n) is 4.95. The zero-order valence-corrected chi connectivity index (χ0v) is 23.7. The van der Waals surface area contributed by atoms with Gasteiger partial charge in [-0.15, -0.1) is 0 Å². The zero-order chi connectivity index (χ0) is 24.4. The van der Waals surface area contributed by atoms with Gasteiger partial charge in [0.25, 0.3) is 5.91 Å². The van der Waals surface area contributed by atoms with Crippen molar-refractivity contribution in [1.82, 2.24) is 5.32 Å². The molecule has 0 aromatic heterocycles. The summed E-state index contributed by atoms with van der Waals surface area (Å²) in [5.74, 6) is 0.0323. The highest BCUT2D eigenvalue weighted by Gasteiger charge is 2.24.